The predicted octanol–water partition coefficient (Wildman–Crippen LogP) is 2.04. The molecular weight excluding hydrogens is 176 g/mol. The Hall–Kier alpha value is -1.77. The minimum absolute atomic E-state index is 0.382. The van der Waals surface area contributed by atoms with E-state index in [2.05, 4.69) is 17.1 Å². The van der Waals surface area contributed by atoms with E-state index in [4.69, 9.17) is 10.2 Å². The number of oxazole rings is 1. The van der Waals surface area contributed by atoms with Crippen LogP contribution < -0.4 is 5.73 Å². The van der Waals surface area contributed by atoms with E-state index in [0.29, 0.717) is 11.8 Å². The molecule has 2 rings (SSSR count). The summed E-state index contributed by atoms with van der Waals surface area (Å²) >= 11 is 0. The van der Waals surface area contributed by atoms with E-state index in [0.717, 1.165) is 12.8 Å². The van der Waals surface area contributed by atoms with Crippen LogP contribution in [0.5, 0.6) is 0 Å². The number of benzene rings is 1. The minimum Gasteiger partial charge on any atom is -0.426 e. The van der Waals surface area contributed by atoms with Crippen LogP contribution in [0.1, 0.15) is 11.5 Å². The van der Waals surface area contributed by atoms with Crippen LogP contribution in [-0.2, 0) is 12.8 Å². The molecule has 3 nitrogen and oxygen atoms in total. The van der Waals surface area contributed by atoms with Crippen LogP contribution in [0.3, 0.4) is 0 Å². The number of nitrogens with two attached hydrogens (primary N) is 1. The molecule has 0 saturated carbocycles. The van der Waals surface area contributed by atoms with Crippen molar-refractivity contribution < 1.29 is 4.42 Å². The van der Waals surface area contributed by atoms with E-state index in [-0.39, 0.29) is 0 Å². The van der Waals surface area contributed by atoms with Crippen LogP contribution in [0.25, 0.3) is 0 Å². The molecule has 0 fully saturated rings. The third-order valence-corrected chi connectivity index (χ3v) is 2.04. The molecule has 2 N–H and O–H groups in total. The highest BCUT2D eigenvalue weighted by molar-refractivity contribution is 5.19. The summed E-state index contributed by atoms with van der Waals surface area (Å²) < 4.78 is 5.17. The molecule has 0 spiro atoms. The molecule has 0 saturated heterocycles. The maximum absolute atomic E-state index is 5.42. The summed E-state index contributed by atoms with van der Waals surface area (Å²) in [6.07, 6.45) is 3.27. The number of aryl methyl sites for hydroxylation is 2. The van der Waals surface area contributed by atoms with Crippen LogP contribution >= 0.6 is 0 Å². The molecule has 0 bridgehead atoms. The zero-order valence-electron chi connectivity index (χ0n) is 7.81. The van der Waals surface area contributed by atoms with Crippen LogP contribution in [-0.4, -0.2) is 4.98 Å². The highest BCUT2D eigenvalue weighted by Gasteiger charge is 2.00. The average Bonchev–Trinajstić information content (AvgIpc) is 2.63. The number of hydrogen-bond donors (Lipinski definition) is 1. The summed E-state index contributed by atoms with van der Waals surface area (Å²) in [5, 5.41) is 0. The summed E-state index contributed by atoms with van der Waals surface area (Å²) in [6, 6.07) is 10.2. The highest BCUT2D eigenvalue weighted by atomic mass is 16.4. The normalized spacial score (nSPS) is 10.3. The summed E-state index contributed by atoms with van der Waals surface area (Å²) in [5.74, 6) is 1.08. The molecule has 14 heavy (non-hydrogen) atoms. The quantitative estimate of drug-likeness (QED) is 0.801. The lowest BCUT2D eigenvalue weighted by Crippen LogP contribution is -1.90. The van der Waals surface area contributed by atoms with E-state index in [1.165, 1.54) is 5.56 Å². The van der Waals surface area contributed by atoms with Gasteiger partial charge in [0.1, 0.15) is 0 Å². The molecule has 1 aromatic heterocycles. The van der Waals surface area contributed by atoms with Crippen molar-refractivity contribution in [2.75, 3.05) is 5.73 Å². The Morgan fingerprint density at radius 3 is 2.57 bits per heavy atom. The molecule has 0 atom stereocenters. The SMILES string of the molecule is Nc1cnc(CCc2ccccc2)o1. The monoisotopic (exact) mass is 188 g/mol. The third kappa shape index (κ3) is 2.13. The van der Waals surface area contributed by atoms with Gasteiger partial charge in [0.25, 0.3) is 0 Å². The van der Waals surface area contributed by atoms with Gasteiger partial charge in [0, 0.05) is 6.42 Å². The fourth-order valence-corrected chi connectivity index (χ4v) is 1.34. The van der Waals surface area contributed by atoms with Crippen molar-refractivity contribution in [3.05, 3.63) is 48.0 Å². The van der Waals surface area contributed by atoms with Gasteiger partial charge in [-0.2, -0.15) is 0 Å². The van der Waals surface area contributed by atoms with E-state index >= 15 is 0 Å². The fraction of sp³-hybridized carbons (Fsp3) is 0.182. The van der Waals surface area contributed by atoms with E-state index < -0.39 is 0 Å². The van der Waals surface area contributed by atoms with Gasteiger partial charge in [-0.15, -0.1) is 0 Å². The molecule has 72 valence electrons. The first-order chi connectivity index (χ1) is 6.84. The number of aromatic nitrogens is 1. The number of nitrogen functional groups attached to an aromatic ring is 1. The number of rotatable bonds is 3. The molecule has 0 amide bonds. The zero-order valence-corrected chi connectivity index (χ0v) is 7.81. The number of nitrogens with zero attached hydrogens (tertiary/aromatic N) is 1. The van der Waals surface area contributed by atoms with Crippen LogP contribution in [0.4, 0.5) is 5.88 Å². The third-order valence-electron chi connectivity index (χ3n) is 2.04. The van der Waals surface area contributed by atoms with Crippen molar-refractivity contribution in [1.29, 1.82) is 0 Å². The zero-order chi connectivity index (χ0) is 9.80. The number of hydrogen-bond acceptors (Lipinski definition) is 3. The van der Waals surface area contributed by atoms with Gasteiger partial charge in [-0.25, -0.2) is 4.98 Å². The number of anilines is 1. The molecule has 0 unspecified atom stereocenters. The van der Waals surface area contributed by atoms with Gasteiger partial charge in [0.15, 0.2) is 5.89 Å². The fourth-order valence-electron chi connectivity index (χ4n) is 1.34. The van der Waals surface area contributed by atoms with Crippen LogP contribution in [0, 0.1) is 0 Å². The Kier molecular flexibility index (Phi) is 2.49. The van der Waals surface area contributed by atoms with Gasteiger partial charge in [0.05, 0.1) is 6.20 Å². The summed E-state index contributed by atoms with van der Waals surface area (Å²) in [7, 11) is 0. The molecule has 1 aromatic carbocycles. The standard InChI is InChI=1S/C11H12N2O/c12-10-8-13-11(14-10)7-6-9-4-2-1-3-5-9/h1-5,8H,6-7,12H2. The predicted molar refractivity (Wildman–Crippen MR) is 54.8 cm³/mol. The maximum atomic E-state index is 5.42. The Balaban J connectivity index is 1.95. The molecule has 0 aliphatic rings. The van der Waals surface area contributed by atoms with Gasteiger partial charge in [-0.1, -0.05) is 30.3 Å². The smallest absolute Gasteiger partial charge is 0.211 e. The van der Waals surface area contributed by atoms with Crippen molar-refractivity contribution >= 4 is 5.88 Å². The van der Waals surface area contributed by atoms with E-state index in [9.17, 15) is 0 Å². The van der Waals surface area contributed by atoms with Crippen molar-refractivity contribution in [2.24, 2.45) is 0 Å². The minimum atomic E-state index is 0.382. The molecule has 3 heteroatoms. The van der Waals surface area contributed by atoms with Gasteiger partial charge in [-0.3, -0.25) is 0 Å². The first kappa shape index (κ1) is 8.81. The molecular formula is C11H12N2O. The summed E-state index contributed by atoms with van der Waals surface area (Å²) in [4.78, 5) is 4.04. The van der Waals surface area contributed by atoms with Crippen molar-refractivity contribution in [1.82, 2.24) is 4.98 Å². The molecule has 0 aliphatic carbocycles. The molecule has 1 heterocycles. The second-order valence-corrected chi connectivity index (χ2v) is 3.14. The first-order valence-electron chi connectivity index (χ1n) is 4.59. The second kappa shape index (κ2) is 3.96. The largest absolute Gasteiger partial charge is 0.426 e. The van der Waals surface area contributed by atoms with Crippen molar-refractivity contribution in [3.63, 3.8) is 0 Å². The molecule has 0 radical (unpaired) electrons. The van der Waals surface area contributed by atoms with Crippen LogP contribution in [0.2, 0.25) is 0 Å². The Bertz CT molecular complexity index is 395. The average molecular weight is 188 g/mol. The maximum Gasteiger partial charge on any atom is 0.211 e. The van der Waals surface area contributed by atoms with E-state index in [1.807, 2.05) is 18.2 Å². The topological polar surface area (TPSA) is 52.0 Å². The summed E-state index contributed by atoms with van der Waals surface area (Å²) in [5.41, 5.74) is 6.70. The molecule has 2 aromatic rings. The molecule has 0 aliphatic heterocycles. The summed E-state index contributed by atoms with van der Waals surface area (Å²) in [6.45, 7) is 0. The van der Waals surface area contributed by atoms with Crippen molar-refractivity contribution in [2.45, 2.75) is 12.8 Å². The lowest BCUT2D eigenvalue weighted by atomic mass is 10.1. The second-order valence-electron chi connectivity index (χ2n) is 3.14. The lowest BCUT2D eigenvalue weighted by molar-refractivity contribution is 0.509. The van der Waals surface area contributed by atoms with Crippen molar-refractivity contribution in [3.8, 4) is 0 Å². The highest BCUT2D eigenvalue weighted by Crippen LogP contribution is 2.08. The lowest BCUT2D eigenvalue weighted by Gasteiger charge is -1.96. The first-order valence-corrected chi connectivity index (χ1v) is 4.59. The van der Waals surface area contributed by atoms with Gasteiger partial charge in [0.2, 0.25) is 5.88 Å². The Morgan fingerprint density at radius 2 is 1.93 bits per heavy atom. The van der Waals surface area contributed by atoms with Crippen LogP contribution in [0.15, 0.2) is 40.9 Å². The Morgan fingerprint density at radius 1 is 1.14 bits per heavy atom. The Labute approximate surface area is 82.6 Å². The van der Waals surface area contributed by atoms with Gasteiger partial charge in [-0.05, 0) is 12.0 Å². The van der Waals surface area contributed by atoms with Gasteiger partial charge >= 0.3 is 0 Å². The van der Waals surface area contributed by atoms with E-state index in [1.54, 1.807) is 6.20 Å². The van der Waals surface area contributed by atoms with Gasteiger partial charge < -0.3 is 10.2 Å².